The zero-order valence-electron chi connectivity index (χ0n) is 9.73. The van der Waals surface area contributed by atoms with Gasteiger partial charge in [0.2, 0.25) is 0 Å². The average molecular weight is 393 g/mol. The molecular weight excluding hydrogens is 382 g/mol. The molecule has 0 heterocycles. The molecule has 0 unspecified atom stereocenters. The van der Waals surface area contributed by atoms with Crippen molar-refractivity contribution in [3.05, 3.63) is 36.6 Å². The highest BCUT2D eigenvalue weighted by atomic mass is 79.9. The Morgan fingerprint density at radius 3 is 2.79 bits per heavy atom. The number of nitrogens with zero attached hydrogens (tertiary/aromatic N) is 3. The highest BCUT2D eigenvalue weighted by molar-refractivity contribution is 9.11. The molecular formula is C10H11Br2N5O2. The molecule has 0 saturated heterocycles. The summed E-state index contributed by atoms with van der Waals surface area (Å²) in [6, 6.07) is 1.53. The van der Waals surface area contributed by atoms with Crippen LogP contribution in [0.3, 0.4) is 0 Å². The lowest BCUT2D eigenvalue weighted by atomic mass is 10.1. The summed E-state index contributed by atoms with van der Waals surface area (Å²) < 4.78 is 0.801. The van der Waals surface area contributed by atoms with Crippen LogP contribution in [-0.2, 0) is 6.61 Å². The number of nitrogens with two attached hydrogens (primary N) is 1. The molecule has 1 aromatic rings. The van der Waals surface area contributed by atoms with Crippen LogP contribution in [0.2, 0.25) is 0 Å². The number of nitrogens with one attached hydrogen (secondary N) is 1. The lowest BCUT2D eigenvalue weighted by Gasteiger charge is -2.13. The van der Waals surface area contributed by atoms with Gasteiger partial charge in [0.15, 0.2) is 0 Å². The maximum atomic E-state index is 12.0. The smallest absolute Gasteiger partial charge is 0.252 e. The monoisotopic (exact) mass is 391 g/mol. The summed E-state index contributed by atoms with van der Waals surface area (Å²) in [6.07, 6.45) is 0. The van der Waals surface area contributed by atoms with E-state index in [-0.39, 0.29) is 17.9 Å². The first kappa shape index (κ1) is 15.9. The summed E-state index contributed by atoms with van der Waals surface area (Å²) in [4.78, 5) is 14.7. The van der Waals surface area contributed by atoms with Crippen molar-refractivity contribution >= 4 is 43.5 Å². The van der Waals surface area contributed by atoms with E-state index in [1.807, 2.05) is 0 Å². The van der Waals surface area contributed by atoms with Crippen molar-refractivity contribution < 1.29 is 9.90 Å². The quantitative estimate of drug-likeness (QED) is 0.404. The topological polar surface area (TPSA) is 124 Å². The standard InChI is InChI=1S/C10H11Br2N5O2/c11-6-3-5(4-18)7(10(19)15-2-1-13)8(12)9(6)16-17-14/h3,18H,1-2,4,13H2,(H,15,19). The first-order valence-electron chi connectivity index (χ1n) is 5.21. The molecule has 0 bridgehead atoms. The van der Waals surface area contributed by atoms with Gasteiger partial charge < -0.3 is 16.2 Å². The largest absolute Gasteiger partial charge is 0.392 e. The molecule has 0 spiro atoms. The van der Waals surface area contributed by atoms with E-state index in [1.54, 1.807) is 0 Å². The average Bonchev–Trinajstić information content (AvgIpc) is 2.40. The predicted octanol–water partition coefficient (Wildman–Crippen LogP) is 2.33. The molecule has 1 amide bonds. The summed E-state index contributed by atoms with van der Waals surface area (Å²) in [7, 11) is 0. The normalized spacial score (nSPS) is 9.89. The predicted molar refractivity (Wildman–Crippen MR) is 78.0 cm³/mol. The minimum absolute atomic E-state index is 0.224. The van der Waals surface area contributed by atoms with Crippen molar-refractivity contribution in [1.29, 1.82) is 0 Å². The van der Waals surface area contributed by atoms with Crippen LogP contribution in [0, 0.1) is 0 Å². The van der Waals surface area contributed by atoms with Crippen LogP contribution in [0.5, 0.6) is 0 Å². The molecule has 0 saturated carbocycles. The van der Waals surface area contributed by atoms with Crippen LogP contribution in [0.25, 0.3) is 10.4 Å². The van der Waals surface area contributed by atoms with Crippen molar-refractivity contribution in [2.45, 2.75) is 6.61 Å². The fraction of sp³-hybridized carbons (Fsp3) is 0.300. The number of rotatable bonds is 5. The Kier molecular flexibility index (Phi) is 6.26. The number of hydrogen-bond acceptors (Lipinski definition) is 4. The maximum absolute atomic E-state index is 12.0. The second kappa shape index (κ2) is 7.46. The molecule has 7 nitrogen and oxygen atoms in total. The minimum atomic E-state index is -0.400. The SMILES string of the molecule is [N-]=[N+]=Nc1c(Br)cc(CO)c(C(=O)NCCN)c1Br. The van der Waals surface area contributed by atoms with E-state index in [0.717, 1.165) is 0 Å². The van der Waals surface area contributed by atoms with Crippen LogP contribution in [0.4, 0.5) is 5.69 Å². The molecule has 0 aromatic heterocycles. The van der Waals surface area contributed by atoms with Gasteiger partial charge in [0, 0.05) is 26.9 Å². The maximum Gasteiger partial charge on any atom is 0.252 e. The van der Waals surface area contributed by atoms with E-state index in [4.69, 9.17) is 11.3 Å². The first-order chi connectivity index (χ1) is 9.06. The molecule has 0 aliphatic carbocycles. The fourth-order valence-electron chi connectivity index (χ4n) is 1.44. The third kappa shape index (κ3) is 3.68. The van der Waals surface area contributed by atoms with Gasteiger partial charge in [-0.05, 0) is 33.1 Å². The fourth-order valence-corrected chi connectivity index (χ4v) is 2.99. The summed E-state index contributed by atoms with van der Waals surface area (Å²) in [5.41, 5.74) is 14.7. The highest BCUT2D eigenvalue weighted by Gasteiger charge is 2.19. The van der Waals surface area contributed by atoms with E-state index in [2.05, 4.69) is 47.2 Å². The van der Waals surface area contributed by atoms with Crippen molar-refractivity contribution in [2.75, 3.05) is 13.1 Å². The Hall–Kier alpha value is -1.12. The number of carbonyl (C=O) groups is 1. The molecule has 19 heavy (non-hydrogen) atoms. The molecule has 102 valence electrons. The summed E-state index contributed by atoms with van der Waals surface area (Å²) in [5, 5.41) is 15.4. The first-order valence-corrected chi connectivity index (χ1v) is 6.80. The van der Waals surface area contributed by atoms with Gasteiger partial charge in [0.1, 0.15) is 0 Å². The van der Waals surface area contributed by atoms with Gasteiger partial charge >= 0.3 is 0 Å². The second-order valence-electron chi connectivity index (χ2n) is 3.45. The van der Waals surface area contributed by atoms with Gasteiger partial charge in [0.25, 0.3) is 5.91 Å². The van der Waals surface area contributed by atoms with Crippen molar-refractivity contribution in [3.63, 3.8) is 0 Å². The molecule has 0 atom stereocenters. The Morgan fingerprint density at radius 2 is 2.26 bits per heavy atom. The Bertz CT molecular complexity index is 543. The van der Waals surface area contributed by atoms with Crippen LogP contribution in [0.15, 0.2) is 20.1 Å². The second-order valence-corrected chi connectivity index (χ2v) is 5.09. The number of aliphatic hydroxyl groups is 1. The number of amides is 1. The molecule has 1 rings (SSSR count). The van der Waals surface area contributed by atoms with Gasteiger partial charge in [-0.2, -0.15) is 0 Å². The van der Waals surface area contributed by atoms with E-state index in [0.29, 0.717) is 27.6 Å². The van der Waals surface area contributed by atoms with E-state index in [1.165, 1.54) is 6.07 Å². The number of azide groups is 1. The molecule has 0 fully saturated rings. The van der Waals surface area contributed by atoms with E-state index >= 15 is 0 Å². The molecule has 9 heteroatoms. The van der Waals surface area contributed by atoms with Crippen molar-refractivity contribution in [2.24, 2.45) is 10.8 Å². The summed E-state index contributed by atoms with van der Waals surface area (Å²) in [5.74, 6) is -0.400. The Balaban J connectivity index is 3.38. The van der Waals surface area contributed by atoms with E-state index in [9.17, 15) is 9.90 Å². The molecule has 1 aromatic carbocycles. The van der Waals surface area contributed by atoms with Crippen LogP contribution in [0.1, 0.15) is 15.9 Å². The van der Waals surface area contributed by atoms with Crippen molar-refractivity contribution in [1.82, 2.24) is 5.32 Å². The number of halogens is 2. The highest BCUT2D eigenvalue weighted by Crippen LogP contribution is 2.38. The Labute approximate surface area is 126 Å². The molecule has 0 aliphatic heterocycles. The summed E-state index contributed by atoms with van der Waals surface area (Å²) in [6.45, 7) is 0.291. The molecule has 4 N–H and O–H groups in total. The van der Waals surface area contributed by atoms with Crippen molar-refractivity contribution in [3.8, 4) is 0 Å². The zero-order valence-corrected chi connectivity index (χ0v) is 12.9. The van der Waals surface area contributed by atoms with Crippen LogP contribution >= 0.6 is 31.9 Å². The van der Waals surface area contributed by atoms with E-state index < -0.39 is 5.91 Å². The van der Waals surface area contributed by atoms with Gasteiger partial charge in [-0.25, -0.2) is 0 Å². The minimum Gasteiger partial charge on any atom is -0.392 e. The zero-order chi connectivity index (χ0) is 14.4. The number of aliphatic hydroxyl groups excluding tert-OH is 1. The lowest BCUT2D eigenvalue weighted by Crippen LogP contribution is -2.30. The third-order valence-electron chi connectivity index (χ3n) is 2.25. The van der Waals surface area contributed by atoms with Gasteiger partial charge in [-0.1, -0.05) is 21.0 Å². The van der Waals surface area contributed by atoms with Crippen LogP contribution in [-0.4, -0.2) is 24.1 Å². The number of benzene rings is 1. The number of carbonyl (C=O) groups excluding carboxylic acids is 1. The van der Waals surface area contributed by atoms with Gasteiger partial charge in [-0.3, -0.25) is 4.79 Å². The van der Waals surface area contributed by atoms with Gasteiger partial charge in [-0.15, -0.1) is 0 Å². The molecule has 0 aliphatic rings. The third-order valence-corrected chi connectivity index (χ3v) is 3.62. The molecule has 0 radical (unpaired) electrons. The van der Waals surface area contributed by atoms with Gasteiger partial charge in [0.05, 0.1) is 17.9 Å². The number of hydrogen-bond donors (Lipinski definition) is 3. The summed E-state index contributed by atoms with van der Waals surface area (Å²) >= 11 is 6.44. The lowest BCUT2D eigenvalue weighted by molar-refractivity contribution is 0.0951. The Morgan fingerprint density at radius 1 is 1.58 bits per heavy atom. The van der Waals surface area contributed by atoms with Crippen LogP contribution < -0.4 is 11.1 Å².